The van der Waals surface area contributed by atoms with Gasteiger partial charge < -0.3 is 4.57 Å². The van der Waals surface area contributed by atoms with E-state index in [0.29, 0.717) is 5.02 Å². The van der Waals surface area contributed by atoms with E-state index in [9.17, 15) is 0 Å². The number of hydrogen-bond donors (Lipinski definition) is 2. The van der Waals surface area contributed by atoms with Gasteiger partial charge in [0, 0.05) is 41.4 Å². The highest BCUT2D eigenvalue weighted by molar-refractivity contribution is 9.10. The smallest absolute Gasteiger partial charge is 0.108 e. The van der Waals surface area contributed by atoms with E-state index in [1.165, 1.54) is 0 Å². The zero-order chi connectivity index (χ0) is 13.8. The second kappa shape index (κ2) is 6.52. The van der Waals surface area contributed by atoms with Crippen LogP contribution in [0.25, 0.3) is 0 Å². The van der Waals surface area contributed by atoms with Crippen LogP contribution in [0.4, 0.5) is 0 Å². The van der Waals surface area contributed by atoms with Crippen LogP contribution in [0.15, 0.2) is 35.1 Å². The van der Waals surface area contributed by atoms with Crippen LogP contribution < -0.4 is 11.3 Å². The lowest BCUT2D eigenvalue weighted by Gasteiger charge is -2.18. The highest BCUT2D eigenvalue weighted by Gasteiger charge is 2.14. The monoisotopic (exact) mass is 342 g/mol. The highest BCUT2D eigenvalue weighted by Crippen LogP contribution is 2.28. The largest absolute Gasteiger partial charge is 0.338 e. The van der Waals surface area contributed by atoms with E-state index in [0.717, 1.165) is 28.7 Å². The lowest BCUT2D eigenvalue weighted by molar-refractivity contribution is 0.505. The topological polar surface area (TPSA) is 55.9 Å². The first-order chi connectivity index (χ1) is 9.11. The van der Waals surface area contributed by atoms with Gasteiger partial charge in [0.05, 0.1) is 0 Å². The number of halogens is 2. The third-order valence-electron chi connectivity index (χ3n) is 3.12. The van der Waals surface area contributed by atoms with Crippen LogP contribution >= 0.6 is 27.5 Å². The van der Waals surface area contributed by atoms with Crippen molar-refractivity contribution in [2.45, 2.75) is 18.9 Å². The Labute approximate surface area is 126 Å². The summed E-state index contributed by atoms with van der Waals surface area (Å²) in [5, 5.41) is 0.704. The molecule has 0 spiro atoms. The van der Waals surface area contributed by atoms with Crippen molar-refractivity contribution < 1.29 is 0 Å². The Morgan fingerprint density at radius 2 is 2.32 bits per heavy atom. The molecule has 1 unspecified atom stereocenters. The quantitative estimate of drug-likeness (QED) is 0.648. The molecular weight excluding hydrogens is 328 g/mol. The maximum absolute atomic E-state index is 5.95. The van der Waals surface area contributed by atoms with E-state index in [4.69, 9.17) is 17.4 Å². The third kappa shape index (κ3) is 3.57. The number of imidazole rings is 1. The summed E-state index contributed by atoms with van der Waals surface area (Å²) in [7, 11) is 1.99. The number of hydrazine groups is 1. The molecule has 2 aromatic rings. The van der Waals surface area contributed by atoms with Crippen molar-refractivity contribution in [3.63, 3.8) is 0 Å². The van der Waals surface area contributed by atoms with Crippen LogP contribution in [0.5, 0.6) is 0 Å². The summed E-state index contributed by atoms with van der Waals surface area (Å²) in [6.07, 6.45) is 5.46. The molecule has 0 fully saturated rings. The molecular formula is C13H16BrClN4. The van der Waals surface area contributed by atoms with Gasteiger partial charge in [-0.05, 0) is 24.1 Å². The van der Waals surface area contributed by atoms with E-state index in [1.807, 2.05) is 36.0 Å². The summed E-state index contributed by atoms with van der Waals surface area (Å²) in [6, 6.07) is 5.78. The van der Waals surface area contributed by atoms with Gasteiger partial charge in [-0.1, -0.05) is 33.6 Å². The Kier molecular flexibility index (Phi) is 4.99. The molecule has 1 heterocycles. The van der Waals surface area contributed by atoms with Crippen LogP contribution in [0.2, 0.25) is 5.02 Å². The lowest BCUT2D eigenvalue weighted by atomic mass is 10.0. The molecule has 6 heteroatoms. The van der Waals surface area contributed by atoms with Gasteiger partial charge in [-0.2, -0.15) is 0 Å². The number of rotatable bonds is 5. The number of hydrogen-bond acceptors (Lipinski definition) is 3. The minimum absolute atomic E-state index is 0.0586. The fourth-order valence-electron chi connectivity index (χ4n) is 2.02. The maximum Gasteiger partial charge on any atom is 0.108 e. The number of nitrogens with one attached hydrogen (secondary N) is 1. The molecule has 0 amide bonds. The molecule has 1 atom stereocenters. The number of aromatic nitrogens is 2. The standard InChI is InChI=1S/C13H16BrClN4/c1-19-7-6-17-13(19)5-4-12(18-16)10-3-2-9(15)8-11(10)14/h2-3,6-8,12,18H,4-5,16H2,1H3. The SMILES string of the molecule is Cn1ccnc1CCC(NN)c1ccc(Cl)cc1Br. The van der Waals surface area contributed by atoms with Crippen LogP contribution in [0.3, 0.4) is 0 Å². The highest BCUT2D eigenvalue weighted by atomic mass is 79.9. The van der Waals surface area contributed by atoms with Gasteiger partial charge in [0.1, 0.15) is 5.82 Å². The van der Waals surface area contributed by atoms with Crippen LogP contribution in [-0.4, -0.2) is 9.55 Å². The van der Waals surface area contributed by atoms with E-state index in [2.05, 4.69) is 26.3 Å². The number of aryl methyl sites for hydroxylation is 2. The van der Waals surface area contributed by atoms with E-state index in [1.54, 1.807) is 6.20 Å². The summed E-state index contributed by atoms with van der Waals surface area (Å²) in [5.41, 5.74) is 3.95. The van der Waals surface area contributed by atoms with Gasteiger partial charge in [0.15, 0.2) is 0 Å². The summed E-state index contributed by atoms with van der Waals surface area (Å²) >= 11 is 9.47. The van der Waals surface area contributed by atoms with Crippen LogP contribution in [0.1, 0.15) is 23.9 Å². The van der Waals surface area contributed by atoms with Crippen molar-refractivity contribution in [2.75, 3.05) is 0 Å². The van der Waals surface area contributed by atoms with Crippen molar-refractivity contribution in [1.29, 1.82) is 0 Å². The van der Waals surface area contributed by atoms with Crippen molar-refractivity contribution in [2.24, 2.45) is 12.9 Å². The zero-order valence-electron chi connectivity index (χ0n) is 10.6. The average Bonchev–Trinajstić information content (AvgIpc) is 2.78. The zero-order valence-corrected chi connectivity index (χ0v) is 12.9. The van der Waals surface area contributed by atoms with Crippen molar-refractivity contribution in [1.82, 2.24) is 15.0 Å². The Morgan fingerprint density at radius 1 is 1.53 bits per heavy atom. The van der Waals surface area contributed by atoms with Crippen molar-refractivity contribution >= 4 is 27.5 Å². The number of nitrogens with zero attached hydrogens (tertiary/aromatic N) is 2. The predicted octanol–water partition coefficient (Wildman–Crippen LogP) is 2.97. The molecule has 102 valence electrons. The first-order valence-electron chi connectivity index (χ1n) is 5.99. The van der Waals surface area contributed by atoms with E-state index >= 15 is 0 Å². The molecule has 0 radical (unpaired) electrons. The fraction of sp³-hybridized carbons (Fsp3) is 0.308. The van der Waals surface area contributed by atoms with Crippen LogP contribution in [-0.2, 0) is 13.5 Å². The molecule has 0 aliphatic rings. The Morgan fingerprint density at radius 3 is 2.89 bits per heavy atom. The third-order valence-corrected chi connectivity index (χ3v) is 4.04. The summed E-state index contributed by atoms with van der Waals surface area (Å²) in [5.74, 6) is 6.70. The molecule has 2 rings (SSSR count). The first kappa shape index (κ1) is 14.5. The summed E-state index contributed by atoms with van der Waals surface area (Å²) < 4.78 is 2.98. The molecule has 1 aromatic heterocycles. The fourth-order valence-corrected chi connectivity index (χ4v) is 2.98. The normalized spacial score (nSPS) is 12.6. The molecule has 0 saturated carbocycles. The summed E-state index contributed by atoms with van der Waals surface area (Å²) in [4.78, 5) is 4.31. The van der Waals surface area contributed by atoms with Gasteiger partial charge in [-0.3, -0.25) is 11.3 Å². The predicted molar refractivity (Wildman–Crippen MR) is 80.7 cm³/mol. The van der Waals surface area contributed by atoms with Gasteiger partial charge >= 0.3 is 0 Å². The molecule has 0 aliphatic heterocycles. The number of nitrogens with two attached hydrogens (primary N) is 1. The van der Waals surface area contributed by atoms with Crippen molar-refractivity contribution in [3.8, 4) is 0 Å². The molecule has 0 saturated heterocycles. The molecule has 4 nitrogen and oxygen atoms in total. The number of benzene rings is 1. The van der Waals surface area contributed by atoms with E-state index in [-0.39, 0.29) is 6.04 Å². The van der Waals surface area contributed by atoms with Gasteiger partial charge in [-0.25, -0.2) is 4.98 Å². The minimum atomic E-state index is 0.0586. The molecule has 1 aromatic carbocycles. The Bertz CT molecular complexity index is 555. The Balaban J connectivity index is 2.10. The molecule has 19 heavy (non-hydrogen) atoms. The van der Waals surface area contributed by atoms with Gasteiger partial charge in [0.2, 0.25) is 0 Å². The second-order valence-electron chi connectivity index (χ2n) is 4.38. The molecule has 0 aliphatic carbocycles. The van der Waals surface area contributed by atoms with E-state index < -0.39 is 0 Å². The lowest BCUT2D eigenvalue weighted by Crippen LogP contribution is -2.28. The van der Waals surface area contributed by atoms with Crippen LogP contribution in [0, 0.1) is 0 Å². The van der Waals surface area contributed by atoms with Gasteiger partial charge in [-0.15, -0.1) is 0 Å². The average molecular weight is 344 g/mol. The van der Waals surface area contributed by atoms with Gasteiger partial charge in [0.25, 0.3) is 0 Å². The first-order valence-corrected chi connectivity index (χ1v) is 7.16. The Hall–Kier alpha value is -0.880. The maximum atomic E-state index is 5.95. The second-order valence-corrected chi connectivity index (χ2v) is 5.67. The molecule has 0 bridgehead atoms. The summed E-state index contributed by atoms with van der Waals surface area (Å²) in [6.45, 7) is 0. The minimum Gasteiger partial charge on any atom is -0.338 e. The van der Waals surface area contributed by atoms with Crippen molar-refractivity contribution in [3.05, 3.63) is 51.5 Å². The molecule has 3 N–H and O–H groups in total.